The maximum Gasteiger partial charge on any atom is 0.0731 e. The summed E-state index contributed by atoms with van der Waals surface area (Å²) in [4.78, 5) is 4.09. The SMILES string of the molecule is CCc1ccc(CC(N)c2cc(C)c(Br)s2)s1. The van der Waals surface area contributed by atoms with E-state index in [1.807, 2.05) is 11.3 Å². The van der Waals surface area contributed by atoms with Crippen molar-refractivity contribution in [3.8, 4) is 0 Å². The Morgan fingerprint density at radius 1 is 1.29 bits per heavy atom. The van der Waals surface area contributed by atoms with Crippen LogP contribution in [0.2, 0.25) is 0 Å². The number of hydrogen-bond donors (Lipinski definition) is 1. The van der Waals surface area contributed by atoms with E-state index in [9.17, 15) is 0 Å². The van der Waals surface area contributed by atoms with Crippen LogP contribution in [0, 0.1) is 6.92 Å². The molecular formula is C13H16BrNS2. The number of rotatable bonds is 4. The molecule has 2 heterocycles. The van der Waals surface area contributed by atoms with Gasteiger partial charge in [-0.25, -0.2) is 0 Å². The van der Waals surface area contributed by atoms with Gasteiger partial charge >= 0.3 is 0 Å². The van der Waals surface area contributed by atoms with E-state index in [2.05, 4.69) is 48.0 Å². The first-order valence-electron chi connectivity index (χ1n) is 5.69. The van der Waals surface area contributed by atoms with Crippen molar-refractivity contribution in [3.05, 3.63) is 42.2 Å². The topological polar surface area (TPSA) is 26.0 Å². The highest BCUT2D eigenvalue weighted by Crippen LogP contribution is 2.32. The van der Waals surface area contributed by atoms with E-state index < -0.39 is 0 Å². The molecule has 0 radical (unpaired) electrons. The largest absolute Gasteiger partial charge is 0.323 e. The van der Waals surface area contributed by atoms with Gasteiger partial charge in [-0.3, -0.25) is 0 Å². The summed E-state index contributed by atoms with van der Waals surface area (Å²) in [7, 11) is 0. The summed E-state index contributed by atoms with van der Waals surface area (Å²) in [5.41, 5.74) is 7.53. The second-order valence-corrected chi connectivity index (χ2v) is 7.79. The third kappa shape index (κ3) is 3.19. The number of hydrogen-bond acceptors (Lipinski definition) is 3. The van der Waals surface area contributed by atoms with E-state index in [1.54, 1.807) is 11.3 Å². The quantitative estimate of drug-likeness (QED) is 0.865. The number of aryl methyl sites for hydroxylation is 2. The lowest BCUT2D eigenvalue weighted by Crippen LogP contribution is -2.10. The molecule has 2 aromatic heterocycles. The van der Waals surface area contributed by atoms with Crippen molar-refractivity contribution in [2.75, 3.05) is 0 Å². The Hall–Kier alpha value is -0.160. The van der Waals surface area contributed by atoms with E-state index >= 15 is 0 Å². The van der Waals surface area contributed by atoms with Gasteiger partial charge in [0, 0.05) is 27.1 Å². The zero-order valence-corrected chi connectivity index (χ0v) is 13.2. The van der Waals surface area contributed by atoms with E-state index in [0.29, 0.717) is 0 Å². The van der Waals surface area contributed by atoms with Gasteiger partial charge in [0.15, 0.2) is 0 Å². The van der Waals surface area contributed by atoms with E-state index in [1.165, 1.54) is 24.0 Å². The summed E-state index contributed by atoms with van der Waals surface area (Å²) >= 11 is 7.18. The molecule has 2 N–H and O–H groups in total. The fraction of sp³-hybridized carbons (Fsp3) is 0.385. The van der Waals surface area contributed by atoms with Gasteiger partial charge in [0.2, 0.25) is 0 Å². The number of thiophene rings is 2. The van der Waals surface area contributed by atoms with Crippen LogP contribution in [-0.2, 0) is 12.8 Å². The van der Waals surface area contributed by atoms with Crippen molar-refractivity contribution in [1.82, 2.24) is 0 Å². The highest BCUT2D eigenvalue weighted by atomic mass is 79.9. The standard InChI is InChI=1S/C13H16BrNS2/c1-3-9-4-5-10(16-9)7-11(15)12-6-8(2)13(14)17-12/h4-6,11H,3,7,15H2,1-2H3. The maximum atomic E-state index is 6.26. The first-order valence-corrected chi connectivity index (χ1v) is 8.11. The Labute approximate surface area is 119 Å². The van der Waals surface area contributed by atoms with Crippen molar-refractivity contribution < 1.29 is 0 Å². The molecular weight excluding hydrogens is 314 g/mol. The molecule has 1 atom stereocenters. The minimum absolute atomic E-state index is 0.119. The summed E-state index contributed by atoms with van der Waals surface area (Å²) < 4.78 is 1.20. The molecule has 0 aromatic carbocycles. The monoisotopic (exact) mass is 329 g/mol. The molecule has 2 rings (SSSR count). The number of nitrogens with two attached hydrogens (primary N) is 1. The van der Waals surface area contributed by atoms with Gasteiger partial charge in [0.1, 0.15) is 0 Å². The van der Waals surface area contributed by atoms with Crippen molar-refractivity contribution in [3.63, 3.8) is 0 Å². The Bertz CT molecular complexity index is 482. The molecule has 0 bridgehead atoms. The van der Waals surface area contributed by atoms with Crippen LogP contribution in [0.25, 0.3) is 0 Å². The average Bonchev–Trinajstić information content (AvgIpc) is 2.87. The molecule has 0 aliphatic carbocycles. The normalized spacial score (nSPS) is 12.9. The Balaban J connectivity index is 2.08. The van der Waals surface area contributed by atoms with Gasteiger partial charge < -0.3 is 5.73 Å². The first-order chi connectivity index (χ1) is 8.10. The Morgan fingerprint density at radius 2 is 2.00 bits per heavy atom. The van der Waals surface area contributed by atoms with Gasteiger partial charge in [-0.2, -0.15) is 0 Å². The van der Waals surface area contributed by atoms with Crippen molar-refractivity contribution in [2.24, 2.45) is 5.73 Å². The molecule has 1 unspecified atom stereocenters. The molecule has 4 heteroatoms. The van der Waals surface area contributed by atoms with Crippen LogP contribution in [0.1, 0.15) is 33.2 Å². The predicted octanol–water partition coefficient (Wildman–Crippen LogP) is 4.69. The third-order valence-electron chi connectivity index (χ3n) is 2.73. The second-order valence-electron chi connectivity index (χ2n) is 4.14. The fourth-order valence-electron chi connectivity index (χ4n) is 1.71. The van der Waals surface area contributed by atoms with E-state index in [-0.39, 0.29) is 6.04 Å². The molecule has 0 saturated carbocycles. The van der Waals surface area contributed by atoms with Crippen LogP contribution in [0.3, 0.4) is 0 Å². The lowest BCUT2D eigenvalue weighted by molar-refractivity contribution is 0.745. The van der Waals surface area contributed by atoms with E-state index in [0.717, 1.165) is 12.8 Å². The highest BCUT2D eigenvalue weighted by Gasteiger charge is 2.12. The van der Waals surface area contributed by atoms with Crippen molar-refractivity contribution in [2.45, 2.75) is 32.7 Å². The second kappa shape index (κ2) is 5.65. The Kier molecular flexibility index (Phi) is 4.42. The molecule has 17 heavy (non-hydrogen) atoms. The zero-order valence-electron chi connectivity index (χ0n) is 10.00. The van der Waals surface area contributed by atoms with Gasteiger partial charge in [-0.1, -0.05) is 6.92 Å². The molecule has 0 fully saturated rings. The highest BCUT2D eigenvalue weighted by molar-refractivity contribution is 9.11. The van der Waals surface area contributed by atoms with Gasteiger partial charge in [-0.05, 0) is 53.0 Å². The fourth-order valence-corrected chi connectivity index (χ4v) is 4.29. The lowest BCUT2D eigenvalue weighted by Gasteiger charge is -2.07. The summed E-state index contributed by atoms with van der Waals surface area (Å²) in [5.74, 6) is 0. The summed E-state index contributed by atoms with van der Waals surface area (Å²) in [6.45, 7) is 4.30. The van der Waals surface area contributed by atoms with Crippen LogP contribution in [0.4, 0.5) is 0 Å². The smallest absolute Gasteiger partial charge is 0.0731 e. The van der Waals surface area contributed by atoms with Gasteiger partial charge in [-0.15, -0.1) is 22.7 Å². The van der Waals surface area contributed by atoms with Gasteiger partial charge in [0.05, 0.1) is 3.79 Å². The summed E-state index contributed by atoms with van der Waals surface area (Å²) in [6, 6.07) is 6.72. The van der Waals surface area contributed by atoms with Crippen LogP contribution in [0.15, 0.2) is 22.0 Å². The molecule has 0 aliphatic rings. The van der Waals surface area contributed by atoms with Gasteiger partial charge in [0.25, 0.3) is 0 Å². The Morgan fingerprint density at radius 3 is 2.53 bits per heavy atom. The predicted molar refractivity (Wildman–Crippen MR) is 81.1 cm³/mol. The van der Waals surface area contributed by atoms with Crippen LogP contribution < -0.4 is 5.73 Å². The third-order valence-corrected chi connectivity index (χ3v) is 6.25. The molecule has 0 amide bonds. The number of halogens is 1. The molecule has 2 aromatic rings. The van der Waals surface area contributed by atoms with Crippen LogP contribution >= 0.6 is 38.6 Å². The van der Waals surface area contributed by atoms with E-state index in [4.69, 9.17) is 5.73 Å². The van der Waals surface area contributed by atoms with Crippen molar-refractivity contribution >= 4 is 38.6 Å². The first kappa shape index (κ1) is 13.3. The molecule has 1 nitrogen and oxygen atoms in total. The lowest BCUT2D eigenvalue weighted by atomic mass is 10.1. The van der Waals surface area contributed by atoms with Crippen LogP contribution in [-0.4, -0.2) is 0 Å². The molecule has 0 spiro atoms. The molecule has 0 aliphatic heterocycles. The summed E-state index contributed by atoms with van der Waals surface area (Å²) in [5, 5.41) is 0. The zero-order chi connectivity index (χ0) is 12.4. The minimum atomic E-state index is 0.119. The molecule has 92 valence electrons. The summed E-state index contributed by atoms with van der Waals surface area (Å²) in [6.07, 6.45) is 2.06. The van der Waals surface area contributed by atoms with Crippen LogP contribution in [0.5, 0.6) is 0 Å². The average molecular weight is 330 g/mol. The van der Waals surface area contributed by atoms with Crippen molar-refractivity contribution in [1.29, 1.82) is 0 Å². The minimum Gasteiger partial charge on any atom is -0.323 e. The maximum absolute atomic E-state index is 6.26. The molecule has 0 saturated heterocycles.